The molecule has 1 aliphatic heterocycles. The number of amides is 1. The maximum atomic E-state index is 13.4. The minimum atomic E-state index is -4.91. The predicted octanol–water partition coefficient (Wildman–Crippen LogP) is 6.87. The van der Waals surface area contributed by atoms with Crippen molar-refractivity contribution < 1.29 is 36.3 Å². The average Bonchev–Trinajstić information content (AvgIpc) is 3.87. The van der Waals surface area contributed by atoms with Gasteiger partial charge in [0.25, 0.3) is 0 Å². The molecule has 3 fully saturated rings. The van der Waals surface area contributed by atoms with Gasteiger partial charge >= 0.3 is 12.1 Å². The van der Waals surface area contributed by atoms with Gasteiger partial charge in [-0.05, 0) is 63.3 Å². The summed E-state index contributed by atoms with van der Waals surface area (Å²) in [5.41, 5.74) is -2.16. The summed E-state index contributed by atoms with van der Waals surface area (Å²) in [6, 6.07) is 3.69. The van der Waals surface area contributed by atoms with Gasteiger partial charge in [0.2, 0.25) is 5.91 Å². The highest BCUT2D eigenvalue weighted by atomic mass is 79.9. The summed E-state index contributed by atoms with van der Waals surface area (Å²) in [4.78, 5) is 24.3. The predicted molar refractivity (Wildman–Crippen MR) is 163 cm³/mol. The van der Waals surface area contributed by atoms with Gasteiger partial charge in [-0.25, -0.2) is 13.2 Å². The van der Waals surface area contributed by atoms with Crippen molar-refractivity contribution in [2.24, 2.45) is 5.41 Å². The lowest BCUT2D eigenvalue weighted by Crippen LogP contribution is -2.44. The van der Waals surface area contributed by atoms with Crippen LogP contribution in [-0.2, 0) is 25.6 Å². The molecular weight excluding hydrogens is 663 g/mol. The third-order valence-corrected chi connectivity index (χ3v) is 11.5. The number of carboxylic acids is 1. The van der Waals surface area contributed by atoms with Crippen LogP contribution in [0.3, 0.4) is 0 Å². The first kappa shape index (κ1) is 36.3. The highest BCUT2D eigenvalue weighted by Crippen LogP contribution is 2.48. The van der Waals surface area contributed by atoms with E-state index in [1.807, 2.05) is 0 Å². The summed E-state index contributed by atoms with van der Waals surface area (Å²) in [7, 11) is -4.53. The first-order valence-electron chi connectivity index (χ1n) is 15.4. The van der Waals surface area contributed by atoms with Crippen LogP contribution in [0, 0.1) is 16.7 Å². The second-order valence-corrected chi connectivity index (χ2v) is 15.6. The number of carboxylic acid groups (broad SMARTS) is 1. The number of rotatable bonds is 14. The second kappa shape index (κ2) is 14.9. The van der Waals surface area contributed by atoms with Gasteiger partial charge in [0, 0.05) is 16.4 Å². The number of unbranched alkanes of at least 4 members (excludes halogenated alkanes) is 7. The van der Waals surface area contributed by atoms with Gasteiger partial charge in [-0.2, -0.15) is 18.4 Å². The van der Waals surface area contributed by atoms with Crippen molar-refractivity contribution in [2.45, 2.75) is 125 Å². The van der Waals surface area contributed by atoms with Crippen molar-refractivity contribution in [3.8, 4) is 6.07 Å². The highest BCUT2D eigenvalue weighted by molar-refractivity contribution is 9.10. The average molecular weight is 707 g/mol. The van der Waals surface area contributed by atoms with Crippen LogP contribution in [0.4, 0.5) is 13.2 Å². The Balaban J connectivity index is 0.000000281. The Morgan fingerprint density at radius 3 is 2.18 bits per heavy atom. The minimum Gasteiger partial charge on any atom is -0.480 e. The van der Waals surface area contributed by atoms with Crippen LogP contribution in [0.5, 0.6) is 0 Å². The lowest BCUT2D eigenvalue weighted by molar-refractivity contribution is -0.150. The van der Waals surface area contributed by atoms with Crippen LogP contribution < -0.4 is 5.32 Å². The molecule has 4 rings (SSSR count). The Labute approximate surface area is 266 Å². The van der Waals surface area contributed by atoms with Gasteiger partial charge in [-0.1, -0.05) is 74.7 Å². The number of nitriles is 1. The van der Waals surface area contributed by atoms with Crippen LogP contribution in [-0.4, -0.2) is 60.2 Å². The summed E-state index contributed by atoms with van der Waals surface area (Å²) < 4.78 is 66.1. The van der Waals surface area contributed by atoms with E-state index in [4.69, 9.17) is 5.26 Å². The van der Waals surface area contributed by atoms with Gasteiger partial charge in [0.1, 0.15) is 11.6 Å². The molecule has 1 aromatic rings. The van der Waals surface area contributed by atoms with E-state index in [1.54, 1.807) is 6.92 Å². The number of halogens is 4. The van der Waals surface area contributed by atoms with E-state index in [-0.39, 0.29) is 10.0 Å². The molecule has 1 amide bonds. The van der Waals surface area contributed by atoms with E-state index in [0.717, 1.165) is 30.4 Å². The van der Waals surface area contributed by atoms with Crippen molar-refractivity contribution in [1.29, 1.82) is 5.26 Å². The highest BCUT2D eigenvalue weighted by Gasteiger charge is 2.54. The number of alkyl halides is 3. The van der Waals surface area contributed by atoms with Gasteiger partial charge in [-0.15, -0.1) is 0 Å². The molecule has 1 heterocycles. The maximum Gasteiger partial charge on any atom is 0.417 e. The summed E-state index contributed by atoms with van der Waals surface area (Å²) in [5, 5.41) is 20.2. The first-order valence-corrected chi connectivity index (χ1v) is 17.7. The molecule has 2 N–H and O–H groups in total. The quantitative estimate of drug-likeness (QED) is 0.202. The van der Waals surface area contributed by atoms with Crippen LogP contribution in [0.25, 0.3) is 0 Å². The van der Waals surface area contributed by atoms with Crippen LogP contribution >= 0.6 is 15.9 Å². The molecule has 1 aromatic carbocycles. The molecule has 13 heteroatoms. The van der Waals surface area contributed by atoms with Crippen molar-refractivity contribution in [1.82, 2.24) is 10.2 Å². The van der Waals surface area contributed by atoms with Crippen LogP contribution in [0.2, 0.25) is 0 Å². The normalized spacial score (nSPS) is 21.6. The molecule has 0 aromatic heterocycles. The topological polar surface area (TPSA) is 128 Å². The van der Waals surface area contributed by atoms with Crippen LogP contribution in [0.15, 0.2) is 27.6 Å². The Hall–Kier alpha value is -2.17. The summed E-state index contributed by atoms with van der Waals surface area (Å²) in [5.74, 6) is -1.84. The number of aliphatic carboxylic acids is 1. The Bertz CT molecular complexity index is 1320. The number of nitrogens with one attached hydrogen (secondary N) is 1. The van der Waals surface area contributed by atoms with E-state index < -0.39 is 68.0 Å². The Kier molecular flexibility index (Phi) is 12.3. The smallest absolute Gasteiger partial charge is 0.417 e. The molecule has 0 radical (unpaired) electrons. The van der Waals surface area contributed by atoms with E-state index >= 15 is 0 Å². The molecule has 2 saturated carbocycles. The van der Waals surface area contributed by atoms with E-state index in [1.165, 1.54) is 57.4 Å². The molecule has 0 spiro atoms. The SMILES string of the molecule is CC1(C(=O)N2C[C@H](S(=O)(=O)c3ccc(Br)cc3C(F)(F)F)C[C@H]2C(=O)O)CC1.CCCCCCCCCCNC1(C#N)CC1. The second-order valence-electron chi connectivity index (χ2n) is 12.5. The number of carbonyl (C=O) groups is 2. The summed E-state index contributed by atoms with van der Waals surface area (Å²) >= 11 is 2.90. The lowest BCUT2D eigenvalue weighted by atomic mass is 10.1. The Morgan fingerprint density at radius 2 is 1.68 bits per heavy atom. The number of sulfone groups is 1. The van der Waals surface area contributed by atoms with E-state index in [9.17, 15) is 36.3 Å². The number of hydrogen-bond acceptors (Lipinski definition) is 6. The number of hydrogen-bond donors (Lipinski definition) is 2. The molecule has 246 valence electrons. The van der Waals surface area contributed by atoms with Gasteiger partial charge in [0.15, 0.2) is 9.84 Å². The van der Waals surface area contributed by atoms with E-state index in [2.05, 4.69) is 34.2 Å². The zero-order valence-corrected chi connectivity index (χ0v) is 27.8. The molecule has 44 heavy (non-hydrogen) atoms. The van der Waals surface area contributed by atoms with Crippen molar-refractivity contribution in [3.63, 3.8) is 0 Å². The van der Waals surface area contributed by atoms with Gasteiger partial charge in [-0.3, -0.25) is 10.1 Å². The number of carbonyl (C=O) groups excluding carboxylic acids is 1. The fraction of sp³-hybridized carbons (Fsp3) is 0.710. The molecule has 0 bridgehead atoms. The number of nitrogens with zero attached hydrogens (tertiary/aromatic N) is 2. The fourth-order valence-corrected chi connectivity index (χ4v) is 7.67. The molecular formula is C31H43BrF3N3O5S. The fourth-order valence-electron chi connectivity index (χ4n) is 5.42. The minimum absolute atomic E-state index is 0.0621. The maximum absolute atomic E-state index is 13.4. The molecule has 2 atom stereocenters. The van der Waals surface area contributed by atoms with Crippen LogP contribution in [0.1, 0.15) is 103 Å². The molecule has 1 saturated heterocycles. The van der Waals surface area contributed by atoms with Gasteiger partial charge in [0.05, 0.1) is 21.8 Å². The third kappa shape index (κ3) is 9.42. The molecule has 2 aliphatic carbocycles. The van der Waals surface area contributed by atoms with Crippen molar-refractivity contribution in [2.75, 3.05) is 13.1 Å². The van der Waals surface area contributed by atoms with Gasteiger partial charge < -0.3 is 10.0 Å². The Morgan fingerprint density at radius 1 is 1.09 bits per heavy atom. The molecule has 3 aliphatic rings. The first-order chi connectivity index (χ1) is 20.6. The lowest BCUT2D eigenvalue weighted by Gasteiger charge is -2.24. The van der Waals surface area contributed by atoms with Crippen molar-refractivity contribution >= 4 is 37.6 Å². The monoisotopic (exact) mass is 705 g/mol. The van der Waals surface area contributed by atoms with E-state index in [0.29, 0.717) is 18.9 Å². The molecule has 0 unspecified atom stereocenters. The summed E-state index contributed by atoms with van der Waals surface area (Å²) in [6.45, 7) is 4.50. The largest absolute Gasteiger partial charge is 0.480 e. The number of benzene rings is 1. The standard InChI is InChI=1S/C17H17BrF3NO5S.C14H26N2/c1-16(4-5-16)15(25)22-8-10(7-12(22)14(23)24)28(26,27)13-3-2-9(18)6-11(13)17(19,20)21;1-2-3-4-5-6-7-8-9-12-16-14(13-15)10-11-14/h2-3,6,10,12H,4-5,7-8H2,1H3,(H,23,24);16H,2-12H2,1H3/t10-,12+;/m1./s1. The summed E-state index contributed by atoms with van der Waals surface area (Å²) in [6.07, 6.45) is 8.74. The zero-order chi connectivity index (χ0) is 32.8. The third-order valence-electron chi connectivity index (χ3n) is 8.78. The van der Waals surface area contributed by atoms with Crippen molar-refractivity contribution in [3.05, 3.63) is 28.2 Å². The molecule has 8 nitrogen and oxygen atoms in total. The number of likely N-dealkylation sites (tertiary alicyclic amines) is 1. The zero-order valence-electron chi connectivity index (χ0n) is 25.4.